The minimum Gasteiger partial charge on any atom is -0.412 e. The van der Waals surface area contributed by atoms with Gasteiger partial charge in [-0.1, -0.05) is 0 Å². The first kappa shape index (κ1) is 3.53. The number of oxime groups is 1. The summed E-state index contributed by atoms with van der Waals surface area (Å²) in [6.07, 6.45) is 0.806. The second-order valence-electron chi connectivity index (χ2n) is 0.265. The van der Waals surface area contributed by atoms with Gasteiger partial charge in [-0.25, -0.2) is 0 Å². The van der Waals surface area contributed by atoms with Crippen LogP contribution < -0.4 is 0 Å². The van der Waals surface area contributed by atoms with Gasteiger partial charge in [0.05, 0.1) is 0 Å². The van der Waals surface area contributed by atoms with E-state index >= 15 is 0 Å². The largest absolute Gasteiger partial charge is 0.412 e. The van der Waals surface area contributed by atoms with Gasteiger partial charge in [-0.3, -0.25) is 0 Å². The van der Waals surface area contributed by atoms with Crippen LogP contribution in [0.4, 0.5) is 0 Å². The standard InChI is InChI=1S/CH2BNO/c2-1-3-4/h1,4H/b3-1+. The maximum Gasteiger partial charge on any atom is 0.135 e. The Labute approximate surface area is 25.5 Å². The van der Waals surface area contributed by atoms with Crippen molar-refractivity contribution in [1.82, 2.24) is 0 Å². The SMILES string of the molecule is [B]/C=N/O. The van der Waals surface area contributed by atoms with E-state index in [0.29, 0.717) is 0 Å². The van der Waals surface area contributed by atoms with Crippen molar-refractivity contribution >= 4 is 14.0 Å². The first-order valence-corrected chi connectivity index (χ1v) is 0.792. The highest BCUT2D eigenvalue weighted by molar-refractivity contribution is 6.49. The first-order valence-electron chi connectivity index (χ1n) is 0.792. The van der Waals surface area contributed by atoms with Gasteiger partial charge in [0.15, 0.2) is 0 Å². The third-order valence-electron chi connectivity index (χ3n) is 0.0667. The molecule has 0 fully saturated rings. The Hall–Kier alpha value is -0.465. The Morgan fingerprint density at radius 3 is 2.25 bits per heavy atom. The van der Waals surface area contributed by atoms with Gasteiger partial charge < -0.3 is 5.21 Å². The average molecular weight is 54.8 g/mol. The van der Waals surface area contributed by atoms with E-state index in [1.807, 2.05) is 0 Å². The van der Waals surface area contributed by atoms with Crippen molar-refractivity contribution in [2.24, 2.45) is 5.16 Å². The molecule has 0 aromatic heterocycles. The minimum atomic E-state index is 0.806. The van der Waals surface area contributed by atoms with E-state index in [1.165, 1.54) is 0 Å². The summed E-state index contributed by atoms with van der Waals surface area (Å²) in [5, 5.41) is 9.71. The third-order valence-corrected chi connectivity index (χ3v) is 0.0667. The van der Waals surface area contributed by atoms with Crippen molar-refractivity contribution in [3.63, 3.8) is 0 Å². The molecule has 0 unspecified atom stereocenters. The van der Waals surface area contributed by atoms with Crippen LogP contribution in [0, 0.1) is 0 Å². The van der Waals surface area contributed by atoms with Crippen molar-refractivity contribution in [1.29, 1.82) is 0 Å². The molecule has 20 valence electrons. The zero-order chi connectivity index (χ0) is 3.41. The van der Waals surface area contributed by atoms with Gasteiger partial charge in [0.2, 0.25) is 0 Å². The van der Waals surface area contributed by atoms with E-state index in [9.17, 15) is 0 Å². The third kappa shape index (κ3) is 1.53. The second kappa shape index (κ2) is 2.53. The minimum absolute atomic E-state index is 0.806. The molecule has 0 aromatic rings. The molecular weight excluding hydrogens is 52.8 g/mol. The fourth-order valence-corrected chi connectivity index (χ4v) is 0. The van der Waals surface area contributed by atoms with Crippen LogP contribution in [-0.4, -0.2) is 19.2 Å². The van der Waals surface area contributed by atoms with Crippen LogP contribution in [0.5, 0.6) is 0 Å². The predicted molar refractivity (Wildman–Crippen MR) is 16.0 cm³/mol. The van der Waals surface area contributed by atoms with Gasteiger partial charge in [-0.15, -0.1) is 5.16 Å². The molecule has 0 rings (SSSR count). The molecule has 0 spiro atoms. The zero-order valence-electron chi connectivity index (χ0n) is 2.05. The molecule has 0 saturated carbocycles. The smallest absolute Gasteiger partial charge is 0.135 e. The van der Waals surface area contributed by atoms with E-state index in [2.05, 4.69) is 13.0 Å². The molecule has 0 amide bonds. The van der Waals surface area contributed by atoms with Crippen molar-refractivity contribution in [2.75, 3.05) is 0 Å². The molecule has 0 heterocycles. The van der Waals surface area contributed by atoms with Gasteiger partial charge in [-0.2, -0.15) is 0 Å². The molecule has 0 aliphatic rings. The molecule has 3 heteroatoms. The summed E-state index contributed by atoms with van der Waals surface area (Å²) in [4.78, 5) is 0. The highest BCUT2D eigenvalue weighted by Crippen LogP contribution is 1.31. The van der Waals surface area contributed by atoms with Gasteiger partial charge in [0.25, 0.3) is 0 Å². The van der Waals surface area contributed by atoms with E-state index in [-0.39, 0.29) is 0 Å². The predicted octanol–water partition coefficient (Wildman–Crippen LogP) is -0.428. The van der Waals surface area contributed by atoms with Crippen LogP contribution in [0.3, 0.4) is 0 Å². The van der Waals surface area contributed by atoms with Crippen LogP contribution in [0.25, 0.3) is 0 Å². The van der Waals surface area contributed by atoms with Crippen LogP contribution in [0.2, 0.25) is 0 Å². The van der Waals surface area contributed by atoms with Gasteiger partial charge in [0.1, 0.15) is 7.85 Å². The van der Waals surface area contributed by atoms with Crippen molar-refractivity contribution < 1.29 is 5.21 Å². The lowest BCUT2D eigenvalue weighted by Crippen LogP contribution is -1.59. The normalized spacial score (nSPS) is 9.00. The molecule has 0 aliphatic carbocycles. The quantitative estimate of drug-likeness (QED) is 0.173. The Morgan fingerprint density at radius 2 is 2.25 bits per heavy atom. The number of hydrogen-bond acceptors (Lipinski definition) is 2. The molecular formula is CH2BNO. The van der Waals surface area contributed by atoms with Crippen molar-refractivity contribution in [3.8, 4) is 0 Å². The second-order valence-corrected chi connectivity index (χ2v) is 0.265. The molecule has 2 nitrogen and oxygen atoms in total. The Bertz CT molecular complexity index is 23.2. The monoisotopic (exact) mass is 55.0 g/mol. The Balaban J connectivity index is 2.55. The molecule has 4 heavy (non-hydrogen) atoms. The van der Waals surface area contributed by atoms with Crippen LogP contribution in [0.15, 0.2) is 5.16 Å². The summed E-state index contributed by atoms with van der Waals surface area (Å²) in [5.41, 5.74) is 0. The topological polar surface area (TPSA) is 32.6 Å². The van der Waals surface area contributed by atoms with E-state index in [4.69, 9.17) is 5.21 Å². The summed E-state index contributed by atoms with van der Waals surface area (Å²) in [5.74, 6) is 0. The van der Waals surface area contributed by atoms with Crippen molar-refractivity contribution in [2.45, 2.75) is 0 Å². The first-order chi connectivity index (χ1) is 1.91. The Morgan fingerprint density at radius 1 is 2.00 bits per heavy atom. The molecule has 0 saturated heterocycles. The summed E-state index contributed by atoms with van der Waals surface area (Å²) in [6.45, 7) is 0. The summed E-state index contributed by atoms with van der Waals surface area (Å²) >= 11 is 0. The van der Waals surface area contributed by atoms with Gasteiger partial charge >= 0.3 is 0 Å². The fourth-order valence-electron chi connectivity index (χ4n) is 0. The molecule has 0 aromatic carbocycles. The Kier molecular flexibility index (Phi) is 2.24. The fraction of sp³-hybridized carbons (Fsp3) is 0. The molecule has 2 radical (unpaired) electrons. The van der Waals surface area contributed by atoms with E-state index < -0.39 is 0 Å². The van der Waals surface area contributed by atoms with E-state index in [0.717, 1.165) is 6.11 Å². The van der Waals surface area contributed by atoms with Crippen LogP contribution >= 0.6 is 0 Å². The maximum absolute atomic E-state index is 7.32. The highest BCUT2D eigenvalue weighted by atomic mass is 16.4. The lowest BCUT2D eigenvalue weighted by molar-refractivity contribution is 0.323. The number of nitrogens with zero attached hydrogens (tertiary/aromatic N) is 1. The van der Waals surface area contributed by atoms with Crippen LogP contribution in [-0.2, 0) is 0 Å². The molecule has 0 bridgehead atoms. The molecule has 0 atom stereocenters. The molecule has 1 N–H and O–H groups in total. The van der Waals surface area contributed by atoms with Gasteiger partial charge in [-0.05, 0) is 6.11 Å². The summed E-state index contributed by atoms with van der Waals surface area (Å²) < 4.78 is 0. The lowest BCUT2D eigenvalue weighted by atomic mass is 10.2. The average Bonchev–Trinajstić information content (AvgIpc) is 1.37. The summed E-state index contributed by atoms with van der Waals surface area (Å²) in [7, 11) is 4.49. The van der Waals surface area contributed by atoms with Crippen molar-refractivity contribution in [3.05, 3.63) is 0 Å². The lowest BCUT2D eigenvalue weighted by Gasteiger charge is -1.54. The molecule has 0 aliphatic heterocycles. The van der Waals surface area contributed by atoms with E-state index in [1.54, 1.807) is 0 Å². The zero-order valence-corrected chi connectivity index (χ0v) is 2.05. The maximum atomic E-state index is 7.32. The summed E-state index contributed by atoms with van der Waals surface area (Å²) in [6, 6.07) is 0. The number of rotatable bonds is 0. The van der Waals surface area contributed by atoms with Gasteiger partial charge in [0, 0.05) is 0 Å². The highest BCUT2D eigenvalue weighted by Gasteiger charge is 1.36. The van der Waals surface area contributed by atoms with Crippen LogP contribution in [0.1, 0.15) is 0 Å². The number of hydrogen-bond donors (Lipinski definition) is 1.